The first-order chi connectivity index (χ1) is 8.46. The summed E-state index contributed by atoms with van der Waals surface area (Å²) in [5, 5.41) is 3.91. The number of piperazine rings is 1. The molecule has 1 aliphatic heterocycles. The normalized spacial score (nSPS) is 33.0. The lowest BCUT2D eigenvalue weighted by Gasteiger charge is -2.54. The van der Waals surface area contributed by atoms with Crippen molar-refractivity contribution in [1.82, 2.24) is 10.2 Å². The minimum Gasteiger partial charge on any atom is -0.308 e. The molecular formula is C16H32N2. The maximum atomic E-state index is 3.91. The van der Waals surface area contributed by atoms with Gasteiger partial charge < -0.3 is 5.32 Å². The summed E-state index contributed by atoms with van der Waals surface area (Å²) in [6.07, 6.45) is 5.38. The Morgan fingerprint density at radius 1 is 1.22 bits per heavy atom. The van der Waals surface area contributed by atoms with Gasteiger partial charge in [0.15, 0.2) is 0 Å². The Balaban J connectivity index is 2.14. The summed E-state index contributed by atoms with van der Waals surface area (Å²) in [6, 6.07) is 0. The van der Waals surface area contributed by atoms with Gasteiger partial charge in [0.2, 0.25) is 0 Å². The molecule has 0 aromatic rings. The second kappa shape index (κ2) is 5.13. The van der Waals surface area contributed by atoms with Gasteiger partial charge in [-0.1, -0.05) is 27.7 Å². The van der Waals surface area contributed by atoms with Crippen LogP contribution in [0.2, 0.25) is 0 Å². The molecule has 0 aromatic heterocycles. The Hall–Kier alpha value is -0.0800. The second-order valence-corrected chi connectivity index (χ2v) is 7.25. The molecule has 2 nitrogen and oxygen atoms in total. The average Bonchev–Trinajstić information content (AvgIpc) is 3.16. The molecule has 1 N–H and O–H groups in total. The van der Waals surface area contributed by atoms with Gasteiger partial charge in [-0.25, -0.2) is 0 Å². The smallest absolute Gasteiger partial charge is 0.0335 e. The van der Waals surface area contributed by atoms with Crippen LogP contribution in [0.3, 0.4) is 0 Å². The van der Waals surface area contributed by atoms with Crippen LogP contribution in [0.1, 0.15) is 60.3 Å². The zero-order valence-electron chi connectivity index (χ0n) is 13.1. The fraction of sp³-hybridized carbons (Fsp3) is 1.00. The molecule has 0 amide bonds. The largest absolute Gasteiger partial charge is 0.308 e. The Labute approximate surface area is 114 Å². The molecule has 0 radical (unpaired) electrons. The van der Waals surface area contributed by atoms with E-state index < -0.39 is 0 Å². The van der Waals surface area contributed by atoms with Crippen molar-refractivity contribution in [2.45, 2.75) is 71.4 Å². The first-order valence-electron chi connectivity index (χ1n) is 7.96. The SMILES string of the molecule is CCC1(CC)CN(CC(C)C)C(C)(C2CC2)CN1. The molecule has 18 heavy (non-hydrogen) atoms. The van der Waals surface area contributed by atoms with Gasteiger partial charge in [0.1, 0.15) is 0 Å². The highest BCUT2D eigenvalue weighted by molar-refractivity contribution is 5.08. The quantitative estimate of drug-likeness (QED) is 0.808. The zero-order valence-corrected chi connectivity index (χ0v) is 13.1. The molecule has 1 heterocycles. The first-order valence-corrected chi connectivity index (χ1v) is 7.96. The van der Waals surface area contributed by atoms with Crippen molar-refractivity contribution in [2.24, 2.45) is 11.8 Å². The third-order valence-electron chi connectivity index (χ3n) is 5.43. The van der Waals surface area contributed by atoms with E-state index in [2.05, 4.69) is 44.8 Å². The topological polar surface area (TPSA) is 15.3 Å². The van der Waals surface area contributed by atoms with Crippen molar-refractivity contribution in [3.63, 3.8) is 0 Å². The predicted molar refractivity (Wildman–Crippen MR) is 78.9 cm³/mol. The lowest BCUT2D eigenvalue weighted by Crippen LogP contribution is -2.70. The number of hydrogen-bond donors (Lipinski definition) is 1. The first kappa shape index (κ1) is 14.3. The molecule has 2 aliphatic rings. The van der Waals surface area contributed by atoms with Crippen LogP contribution in [-0.4, -0.2) is 35.6 Å². The summed E-state index contributed by atoms with van der Waals surface area (Å²) >= 11 is 0. The van der Waals surface area contributed by atoms with Gasteiger partial charge in [-0.2, -0.15) is 0 Å². The average molecular weight is 252 g/mol. The Kier molecular flexibility index (Phi) is 4.08. The zero-order chi connectivity index (χ0) is 13.4. The highest BCUT2D eigenvalue weighted by Crippen LogP contribution is 2.45. The van der Waals surface area contributed by atoms with Crippen LogP contribution in [0.4, 0.5) is 0 Å². The van der Waals surface area contributed by atoms with Crippen LogP contribution >= 0.6 is 0 Å². The third-order valence-corrected chi connectivity index (χ3v) is 5.43. The Morgan fingerprint density at radius 3 is 2.28 bits per heavy atom. The summed E-state index contributed by atoms with van der Waals surface area (Å²) < 4.78 is 0. The van der Waals surface area contributed by atoms with E-state index in [1.54, 1.807) is 0 Å². The summed E-state index contributed by atoms with van der Waals surface area (Å²) in [5.41, 5.74) is 0.779. The second-order valence-electron chi connectivity index (χ2n) is 7.25. The summed E-state index contributed by atoms with van der Waals surface area (Å²) in [6.45, 7) is 15.6. The summed E-state index contributed by atoms with van der Waals surface area (Å²) in [7, 11) is 0. The molecule has 1 saturated carbocycles. The number of rotatable bonds is 5. The monoisotopic (exact) mass is 252 g/mol. The van der Waals surface area contributed by atoms with Gasteiger partial charge in [0, 0.05) is 30.7 Å². The van der Waals surface area contributed by atoms with Crippen molar-refractivity contribution >= 4 is 0 Å². The predicted octanol–water partition coefficient (Wildman–Crippen LogP) is 3.28. The highest BCUT2D eigenvalue weighted by atomic mass is 15.3. The van der Waals surface area contributed by atoms with Crippen molar-refractivity contribution in [3.8, 4) is 0 Å². The fourth-order valence-electron chi connectivity index (χ4n) is 3.63. The van der Waals surface area contributed by atoms with E-state index >= 15 is 0 Å². The maximum Gasteiger partial charge on any atom is 0.0335 e. The van der Waals surface area contributed by atoms with Gasteiger partial charge >= 0.3 is 0 Å². The molecule has 0 spiro atoms. The lowest BCUT2D eigenvalue weighted by atomic mass is 9.81. The summed E-state index contributed by atoms with van der Waals surface area (Å²) in [5.74, 6) is 1.71. The Bertz CT molecular complexity index is 279. The number of nitrogens with one attached hydrogen (secondary N) is 1. The number of nitrogens with zero attached hydrogens (tertiary/aromatic N) is 1. The van der Waals surface area contributed by atoms with Gasteiger partial charge in [-0.15, -0.1) is 0 Å². The van der Waals surface area contributed by atoms with Crippen LogP contribution in [0.25, 0.3) is 0 Å². The molecular weight excluding hydrogens is 220 g/mol. The molecule has 1 unspecified atom stereocenters. The molecule has 0 aromatic carbocycles. The molecule has 1 aliphatic carbocycles. The van der Waals surface area contributed by atoms with Gasteiger partial charge in [0.25, 0.3) is 0 Å². The van der Waals surface area contributed by atoms with Crippen LogP contribution in [0.15, 0.2) is 0 Å². The van der Waals surface area contributed by atoms with Crippen molar-refractivity contribution < 1.29 is 0 Å². The Morgan fingerprint density at radius 2 is 1.83 bits per heavy atom. The molecule has 2 fully saturated rings. The van der Waals surface area contributed by atoms with Crippen molar-refractivity contribution in [2.75, 3.05) is 19.6 Å². The van der Waals surface area contributed by atoms with Crippen LogP contribution in [-0.2, 0) is 0 Å². The van der Waals surface area contributed by atoms with Gasteiger partial charge in [0.05, 0.1) is 0 Å². The maximum absolute atomic E-state index is 3.91. The molecule has 106 valence electrons. The molecule has 2 rings (SSSR count). The third kappa shape index (κ3) is 2.60. The van der Waals surface area contributed by atoms with Crippen LogP contribution in [0, 0.1) is 11.8 Å². The van der Waals surface area contributed by atoms with Gasteiger partial charge in [-0.3, -0.25) is 4.90 Å². The van der Waals surface area contributed by atoms with E-state index in [0.29, 0.717) is 11.1 Å². The van der Waals surface area contributed by atoms with E-state index in [-0.39, 0.29) is 0 Å². The van der Waals surface area contributed by atoms with Crippen LogP contribution in [0.5, 0.6) is 0 Å². The molecule has 0 bridgehead atoms. The fourth-order valence-corrected chi connectivity index (χ4v) is 3.63. The highest BCUT2D eigenvalue weighted by Gasteiger charge is 2.50. The molecule has 1 atom stereocenters. The van der Waals surface area contributed by atoms with E-state index in [0.717, 1.165) is 11.8 Å². The standard InChI is InChI=1S/C16H32N2/c1-6-16(7-2)12-18(10-13(3)4)15(5,11-17-16)14-8-9-14/h13-14,17H,6-12H2,1-5H3. The van der Waals surface area contributed by atoms with E-state index in [4.69, 9.17) is 0 Å². The van der Waals surface area contributed by atoms with Crippen LogP contribution < -0.4 is 5.32 Å². The summed E-state index contributed by atoms with van der Waals surface area (Å²) in [4.78, 5) is 2.82. The van der Waals surface area contributed by atoms with E-state index in [1.807, 2.05) is 0 Å². The lowest BCUT2D eigenvalue weighted by molar-refractivity contribution is -0.00955. The molecule has 1 saturated heterocycles. The van der Waals surface area contributed by atoms with E-state index in [9.17, 15) is 0 Å². The minimum atomic E-state index is 0.364. The number of hydrogen-bond acceptors (Lipinski definition) is 2. The van der Waals surface area contributed by atoms with Crippen molar-refractivity contribution in [3.05, 3.63) is 0 Å². The van der Waals surface area contributed by atoms with Gasteiger partial charge in [-0.05, 0) is 44.4 Å². The van der Waals surface area contributed by atoms with E-state index in [1.165, 1.54) is 45.3 Å². The molecule has 2 heteroatoms. The minimum absolute atomic E-state index is 0.364. The van der Waals surface area contributed by atoms with Crippen molar-refractivity contribution in [1.29, 1.82) is 0 Å².